The van der Waals surface area contributed by atoms with Crippen LogP contribution < -0.4 is 0 Å². The maximum Gasteiger partial charge on any atom is 0.0992 e. The number of nitrogens with zero attached hydrogens (tertiary/aromatic N) is 5. The molecule has 0 atom stereocenters. The Morgan fingerprint density at radius 2 is 0.880 bits per heavy atom. The van der Waals surface area contributed by atoms with Crippen LogP contribution in [0, 0.1) is 34.0 Å². The molecule has 0 aliphatic heterocycles. The van der Waals surface area contributed by atoms with Crippen LogP contribution in [0.25, 0.3) is 77.2 Å². The molecule has 0 N–H and O–H groups in total. The molecule has 0 aliphatic rings. The molecule has 0 fully saturated rings. The minimum atomic E-state index is 0.528. The predicted molar refractivity (Wildman–Crippen MR) is 200 cm³/mol. The summed E-state index contributed by atoms with van der Waals surface area (Å²) in [7, 11) is 0. The Kier molecular flexibility index (Phi) is 6.56. The largest absolute Gasteiger partial charge is 0.309 e. The molecule has 2 heterocycles. The topological polar surface area (TPSA) is 81.2 Å². The van der Waals surface area contributed by atoms with Crippen LogP contribution in [0.3, 0.4) is 0 Å². The van der Waals surface area contributed by atoms with Gasteiger partial charge in [-0.3, -0.25) is 0 Å². The molecular formula is C45H25N5. The fourth-order valence-corrected chi connectivity index (χ4v) is 7.35. The van der Waals surface area contributed by atoms with Crippen molar-refractivity contribution >= 4 is 43.6 Å². The van der Waals surface area contributed by atoms with Gasteiger partial charge in [-0.2, -0.15) is 15.8 Å². The molecule has 0 unspecified atom stereocenters. The average molecular weight is 636 g/mol. The Labute approximate surface area is 287 Å². The van der Waals surface area contributed by atoms with Gasteiger partial charge in [0.2, 0.25) is 0 Å². The van der Waals surface area contributed by atoms with E-state index in [4.69, 9.17) is 0 Å². The summed E-state index contributed by atoms with van der Waals surface area (Å²) >= 11 is 0. The van der Waals surface area contributed by atoms with Crippen LogP contribution in [0.4, 0.5) is 0 Å². The molecule has 0 aliphatic carbocycles. The molecule has 2 aromatic heterocycles. The Morgan fingerprint density at radius 1 is 0.360 bits per heavy atom. The average Bonchev–Trinajstić information content (AvgIpc) is 3.70. The van der Waals surface area contributed by atoms with Crippen molar-refractivity contribution < 1.29 is 0 Å². The first kappa shape index (κ1) is 28.8. The van der Waals surface area contributed by atoms with Crippen molar-refractivity contribution in [3.05, 3.63) is 168 Å². The van der Waals surface area contributed by atoms with Gasteiger partial charge in [0.25, 0.3) is 0 Å². The quantitative estimate of drug-likeness (QED) is 0.193. The summed E-state index contributed by atoms with van der Waals surface area (Å²) in [6.45, 7) is 0. The Morgan fingerprint density at radius 3 is 1.52 bits per heavy atom. The van der Waals surface area contributed by atoms with E-state index >= 15 is 0 Å². The number of fused-ring (bicyclic) bond motifs is 6. The molecule has 7 aromatic carbocycles. The lowest BCUT2D eigenvalue weighted by Gasteiger charge is -2.16. The van der Waals surface area contributed by atoms with Gasteiger partial charge in [-0.15, -0.1) is 0 Å². The highest BCUT2D eigenvalue weighted by atomic mass is 15.0. The number of hydrogen-bond donors (Lipinski definition) is 0. The van der Waals surface area contributed by atoms with Crippen molar-refractivity contribution in [3.8, 4) is 51.8 Å². The fraction of sp³-hybridized carbons (Fsp3) is 0. The summed E-state index contributed by atoms with van der Waals surface area (Å²) in [5.41, 5.74) is 11.4. The van der Waals surface area contributed by atoms with E-state index in [1.54, 1.807) is 0 Å². The second-order valence-electron chi connectivity index (χ2n) is 12.4. The molecule has 50 heavy (non-hydrogen) atoms. The highest BCUT2D eigenvalue weighted by Crippen LogP contribution is 2.39. The molecule has 0 radical (unpaired) electrons. The van der Waals surface area contributed by atoms with E-state index < -0.39 is 0 Å². The molecule has 5 nitrogen and oxygen atoms in total. The van der Waals surface area contributed by atoms with Crippen molar-refractivity contribution in [2.45, 2.75) is 0 Å². The predicted octanol–water partition coefficient (Wildman–Crippen LogP) is 10.8. The van der Waals surface area contributed by atoms with Crippen LogP contribution in [0.2, 0.25) is 0 Å². The van der Waals surface area contributed by atoms with Crippen molar-refractivity contribution in [1.82, 2.24) is 9.13 Å². The number of aromatic nitrogens is 2. The zero-order chi connectivity index (χ0) is 33.8. The van der Waals surface area contributed by atoms with Crippen LogP contribution >= 0.6 is 0 Å². The van der Waals surface area contributed by atoms with Gasteiger partial charge in [0, 0.05) is 32.8 Å². The van der Waals surface area contributed by atoms with Crippen molar-refractivity contribution in [2.24, 2.45) is 0 Å². The lowest BCUT2D eigenvalue weighted by molar-refractivity contribution is 1.18. The summed E-state index contributed by atoms with van der Waals surface area (Å²) in [5.74, 6) is 0. The van der Waals surface area contributed by atoms with Gasteiger partial charge in [0.15, 0.2) is 0 Å². The number of benzene rings is 7. The van der Waals surface area contributed by atoms with Gasteiger partial charge in [-0.25, -0.2) is 0 Å². The molecule has 9 aromatic rings. The van der Waals surface area contributed by atoms with E-state index in [0.29, 0.717) is 16.7 Å². The zero-order valence-corrected chi connectivity index (χ0v) is 26.7. The van der Waals surface area contributed by atoms with Crippen LogP contribution in [-0.2, 0) is 0 Å². The second-order valence-corrected chi connectivity index (χ2v) is 12.4. The number of para-hydroxylation sites is 3. The molecule has 0 saturated heterocycles. The maximum absolute atomic E-state index is 10.2. The normalized spacial score (nSPS) is 11.1. The van der Waals surface area contributed by atoms with E-state index in [1.807, 2.05) is 60.7 Å². The first-order valence-corrected chi connectivity index (χ1v) is 16.3. The second kappa shape index (κ2) is 11.4. The minimum absolute atomic E-state index is 0.528. The van der Waals surface area contributed by atoms with Crippen LogP contribution in [-0.4, -0.2) is 9.13 Å². The van der Waals surface area contributed by atoms with Gasteiger partial charge in [0.1, 0.15) is 0 Å². The molecule has 9 rings (SSSR count). The van der Waals surface area contributed by atoms with Crippen LogP contribution in [0.15, 0.2) is 152 Å². The SMILES string of the molecule is N#Cc1cc(-c2ccc(-n3c4ccccc4c4ccccc43)cc2)cc(-c2ccc(C#N)cc2-n2c3ccccc3c3cc(C#N)ccc32)c1. The van der Waals surface area contributed by atoms with E-state index in [9.17, 15) is 15.8 Å². The number of hydrogen-bond acceptors (Lipinski definition) is 3. The standard InChI is InChI=1S/C45H25N5/c46-26-29-14-20-44-40(23-29)39-9-3-6-12-43(39)50(44)45-24-30(27-47)13-19-36(45)34-22-31(28-48)21-33(25-34)32-15-17-35(18-16-32)49-41-10-4-1-7-37(41)38-8-2-5-11-42(38)49/h1-25H. The summed E-state index contributed by atoms with van der Waals surface area (Å²) in [4.78, 5) is 0. The fourth-order valence-electron chi connectivity index (χ4n) is 7.35. The third kappa shape index (κ3) is 4.45. The lowest BCUT2D eigenvalue weighted by atomic mass is 9.94. The van der Waals surface area contributed by atoms with E-state index in [1.165, 1.54) is 10.8 Å². The summed E-state index contributed by atoms with van der Waals surface area (Å²) < 4.78 is 4.45. The number of rotatable bonds is 4. The first-order valence-electron chi connectivity index (χ1n) is 16.3. The van der Waals surface area contributed by atoms with Crippen molar-refractivity contribution in [2.75, 3.05) is 0 Å². The lowest BCUT2D eigenvalue weighted by Crippen LogP contribution is -1.99. The molecule has 0 saturated carbocycles. The first-order chi connectivity index (χ1) is 24.6. The zero-order valence-electron chi connectivity index (χ0n) is 26.7. The number of nitriles is 3. The van der Waals surface area contributed by atoms with Gasteiger partial charge in [-0.1, -0.05) is 72.8 Å². The molecule has 5 heteroatoms. The van der Waals surface area contributed by atoms with E-state index in [-0.39, 0.29) is 0 Å². The highest BCUT2D eigenvalue weighted by Gasteiger charge is 2.18. The Balaban J connectivity index is 1.21. The summed E-state index contributed by atoms with van der Waals surface area (Å²) in [6.07, 6.45) is 0. The van der Waals surface area contributed by atoms with E-state index in [0.717, 1.165) is 66.5 Å². The monoisotopic (exact) mass is 635 g/mol. The van der Waals surface area contributed by atoms with Crippen LogP contribution in [0.1, 0.15) is 16.7 Å². The van der Waals surface area contributed by atoms with Crippen molar-refractivity contribution in [3.63, 3.8) is 0 Å². The third-order valence-electron chi connectivity index (χ3n) is 9.58. The minimum Gasteiger partial charge on any atom is -0.309 e. The van der Waals surface area contributed by atoms with Gasteiger partial charge in [-0.05, 0) is 95.6 Å². The third-order valence-corrected chi connectivity index (χ3v) is 9.58. The molecular weight excluding hydrogens is 611 g/mol. The highest BCUT2D eigenvalue weighted by molar-refractivity contribution is 6.11. The van der Waals surface area contributed by atoms with Crippen molar-refractivity contribution in [1.29, 1.82) is 15.8 Å². The Hall–Kier alpha value is -7.39. The summed E-state index contributed by atoms with van der Waals surface area (Å²) in [6, 6.07) is 57.8. The van der Waals surface area contributed by atoms with E-state index in [2.05, 4.69) is 118 Å². The molecule has 0 bridgehead atoms. The van der Waals surface area contributed by atoms with Gasteiger partial charge in [0.05, 0.1) is 62.7 Å². The Bertz CT molecular complexity index is 2900. The molecule has 0 amide bonds. The van der Waals surface area contributed by atoms with Gasteiger partial charge >= 0.3 is 0 Å². The summed E-state index contributed by atoms with van der Waals surface area (Å²) in [5, 5.41) is 34.2. The maximum atomic E-state index is 10.2. The molecule has 230 valence electrons. The van der Waals surface area contributed by atoms with Gasteiger partial charge < -0.3 is 9.13 Å². The smallest absolute Gasteiger partial charge is 0.0992 e. The van der Waals surface area contributed by atoms with Crippen LogP contribution in [0.5, 0.6) is 0 Å². The molecule has 0 spiro atoms.